The highest BCUT2D eigenvalue weighted by atomic mass is 19.1. The van der Waals surface area contributed by atoms with Gasteiger partial charge in [-0.1, -0.05) is 19.4 Å². The second-order valence-corrected chi connectivity index (χ2v) is 7.74. The molecule has 34 heavy (non-hydrogen) atoms. The molecule has 0 aliphatic rings. The molecule has 0 unspecified atom stereocenters. The molecule has 0 saturated heterocycles. The summed E-state index contributed by atoms with van der Waals surface area (Å²) in [6.45, 7) is 1.89. The van der Waals surface area contributed by atoms with Crippen molar-refractivity contribution in [3.05, 3.63) is 82.7 Å². The minimum Gasteiger partial charge on any atom is -0.478 e. The van der Waals surface area contributed by atoms with Gasteiger partial charge in [0.1, 0.15) is 28.8 Å². The Morgan fingerprint density at radius 2 is 1.68 bits per heavy atom. The third-order valence-corrected chi connectivity index (χ3v) is 5.57. The van der Waals surface area contributed by atoms with Crippen molar-refractivity contribution >= 4 is 22.8 Å². The average Bonchev–Trinajstić information content (AvgIpc) is 3.19. The van der Waals surface area contributed by atoms with E-state index >= 15 is 4.39 Å². The third-order valence-electron chi connectivity index (χ3n) is 5.57. The van der Waals surface area contributed by atoms with E-state index in [2.05, 4.69) is 5.32 Å². The van der Waals surface area contributed by atoms with Gasteiger partial charge in [-0.25, -0.2) is 18.0 Å². The average molecular weight is 467 g/mol. The molecule has 4 aromatic rings. The molecule has 8 heteroatoms. The maximum Gasteiger partial charge on any atom is 0.338 e. The molecule has 2 N–H and O–H groups in total. The number of carboxylic acids is 1. The molecule has 0 bridgehead atoms. The smallest absolute Gasteiger partial charge is 0.338 e. The zero-order valence-corrected chi connectivity index (χ0v) is 18.3. The van der Waals surface area contributed by atoms with E-state index in [1.165, 1.54) is 37.4 Å². The molecular formula is C26H20F3NO4. The van der Waals surface area contributed by atoms with E-state index in [-0.39, 0.29) is 33.4 Å². The molecule has 0 aliphatic heterocycles. The summed E-state index contributed by atoms with van der Waals surface area (Å²) in [6, 6.07) is 10.2. The fourth-order valence-corrected chi connectivity index (χ4v) is 4.03. The van der Waals surface area contributed by atoms with Crippen LogP contribution in [0, 0.1) is 17.5 Å². The van der Waals surface area contributed by atoms with Gasteiger partial charge in [-0.3, -0.25) is 4.79 Å². The van der Waals surface area contributed by atoms with Crippen molar-refractivity contribution in [1.29, 1.82) is 0 Å². The number of carbonyl (C=O) groups excluding carboxylic acids is 1. The van der Waals surface area contributed by atoms with Crippen LogP contribution in [0.15, 0.2) is 52.9 Å². The van der Waals surface area contributed by atoms with E-state index in [0.717, 1.165) is 12.1 Å². The number of carboxylic acid groups (broad SMARTS) is 1. The molecular weight excluding hydrogens is 447 g/mol. The molecule has 0 spiro atoms. The number of rotatable bonds is 6. The van der Waals surface area contributed by atoms with Crippen molar-refractivity contribution in [3.8, 4) is 22.5 Å². The molecule has 0 radical (unpaired) electrons. The van der Waals surface area contributed by atoms with Crippen LogP contribution in [0.3, 0.4) is 0 Å². The van der Waals surface area contributed by atoms with Gasteiger partial charge in [-0.05, 0) is 60.0 Å². The lowest BCUT2D eigenvalue weighted by atomic mass is 9.92. The van der Waals surface area contributed by atoms with Crippen molar-refractivity contribution < 1.29 is 32.3 Å². The second kappa shape index (κ2) is 9.05. The van der Waals surface area contributed by atoms with Gasteiger partial charge in [-0.2, -0.15) is 0 Å². The van der Waals surface area contributed by atoms with E-state index in [0.29, 0.717) is 24.0 Å². The Morgan fingerprint density at radius 1 is 1.00 bits per heavy atom. The van der Waals surface area contributed by atoms with Crippen molar-refractivity contribution in [1.82, 2.24) is 5.32 Å². The summed E-state index contributed by atoms with van der Waals surface area (Å²) < 4.78 is 49.5. The summed E-state index contributed by atoms with van der Waals surface area (Å²) in [5.74, 6) is -4.24. The maximum absolute atomic E-state index is 16.2. The van der Waals surface area contributed by atoms with Gasteiger partial charge < -0.3 is 14.8 Å². The Bertz CT molecular complexity index is 1420. The first kappa shape index (κ1) is 23.1. The van der Waals surface area contributed by atoms with E-state index in [9.17, 15) is 23.5 Å². The lowest BCUT2D eigenvalue weighted by molar-refractivity contribution is 0.0691. The molecule has 4 rings (SSSR count). The van der Waals surface area contributed by atoms with Crippen LogP contribution in [0.1, 0.15) is 39.6 Å². The Kier molecular flexibility index (Phi) is 6.15. The van der Waals surface area contributed by atoms with E-state index in [1.807, 2.05) is 6.92 Å². The monoisotopic (exact) mass is 467 g/mol. The first-order valence-electron chi connectivity index (χ1n) is 10.6. The zero-order valence-electron chi connectivity index (χ0n) is 18.3. The van der Waals surface area contributed by atoms with Crippen LogP contribution in [-0.4, -0.2) is 24.0 Å². The van der Waals surface area contributed by atoms with Gasteiger partial charge in [0.25, 0.3) is 5.91 Å². The van der Waals surface area contributed by atoms with Gasteiger partial charge >= 0.3 is 5.97 Å². The fraction of sp³-hybridized carbons (Fsp3) is 0.154. The molecule has 0 saturated carbocycles. The Morgan fingerprint density at radius 3 is 2.29 bits per heavy atom. The molecule has 1 amide bonds. The van der Waals surface area contributed by atoms with Gasteiger partial charge in [-0.15, -0.1) is 0 Å². The summed E-state index contributed by atoms with van der Waals surface area (Å²) in [5.41, 5.74) is 0.560. The summed E-state index contributed by atoms with van der Waals surface area (Å²) in [4.78, 5) is 24.3. The fourth-order valence-electron chi connectivity index (χ4n) is 4.03. The lowest BCUT2D eigenvalue weighted by Crippen LogP contribution is -2.18. The number of fused-ring (bicyclic) bond motifs is 1. The first-order valence-corrected chi connectivity index (χ1v) is 10.6. The molecule has 0 fully saturated rings. The largest absolute Gasteiger partial charge is 0.478 e. The summed E-state index contributed by atoms with van der Waals surface area (Å²) in [7, 11) is 1.39. The highest BCUT2D eigenvalue weighted by Crippen LogP contribution is 2.41. The number of benzene rings is 3. The van der Waals surface area contributed by atoms with Crippen LogP contribution in [0.2, 0.25) is 0 Å². The highest BCUT2D eigenvalue weighted by Gasteiger charge is 2.28. The summed E-state index contributed by atoms with van der Waals surface area (Å²) in [5, 5.41) is 11.7. The SMILES string of the molecule is CCCc1cc2oc(-c3ccc(F)cc3)c(C(=O)NC)c2c(F)c1-c1ccc(F)c(C(=O)O)c1. The minimum atomic E-state index is -1.48. The summed E-state index contributed by atoms with van der Waals surface area (Å²) in [6.07, 6.45) is 1.06. The standard InChI is InChI=1S/C26H20F3NO4/c1-3-4-14-12-19-21(23(29)20(14)15-7-10-18(28)17(11-15)26(32)33)22(25(31)30-2)24(34-19)13-5-8-16(27)9-6-13/h5-12H,3-4H2,1-2H3,(H,30,31)(H,32,33). The molecule has 174 valence electrons. The lowest BCUT2D eigenvalue weighted by Gasteiger charge is -2.13. The predicted molar refractivity (Wildman–Crippen MR) is 121 cm³/mol. The van der Waals surface area contributed by atoms with Gasteiger partial charge in [0.05, 0.1) is 16.5 Å². The van der Waals surface area contributed by atoms with Crippen molar-refractivity contribution in [2.24, 2.45) is 0 Å². The van der Waals surface area contributed by atoms with Gasteiger partial charge in [0.15, 0.2) is 0 Å². The van der Waals surface area contributed by atoms with Crippen molar-refractivity contribution in [2.75, 3.05) is 7.05 Å². The predicted octanol–water partition coefficient (Wildman–Crippen LogP) is 6.19. The number of furan rings is 1. The van der Waals surface area contributed by atoms with Crippen LogP contribution in [0.25, 0.3) is 33.4 Å². The number of hydrogen-bond acceptors (Lipinski definition) is 3. The number of nitrogens with one attached hydrogen (secondary N) is 1. The number of carbonyl (C=O) groups is 2. The zero-order chi connectivity index (χ0) is 24.6. The number of aromatic carboxylic acids is 1. The van der Waals surface area contributed by atoms with Crippen molar-refractivity contribution in [3.63, 3.8) is 0 Å². The van der Waals surface area contributed by atoms with Crippen LogP contribution in [-0.2, 0) is 6.42 Å². The highest BCUT2D eigenvalue weighted by molar-refractivity contribution is 6.12. The second-order valence-electron chi connectivity index (χ2n) is 7.74. The third kappa shape index (κ3) is 3.91. The van der Waals surface area contributed by atoms with Crippen LogP contribution in [0.5, 0.6) is 0 Å². The number of halogens is 3. The van der Waals surface area contributed by atoms with E-state index in [1.54, 1.807) is 6.07 Å². The van der Waals surface area contributed by atoms with Gasteiger partial charge in [0, 0.05) is 18.2 Å². The molecule has 0 aliphatic carbocycles. The van der Waals surface area contributed by atoms with E-state index in [4.69, 9.17) is 4.42 Å². The Hall–Kier alpha value is -4.07. The molecule has 5 nitrogen and oxygen atoms in total. The summed E-state index contributed by atoms with van der Waals surface area (Å²) >= 11 is 0. The first-order chi connectivity index (χ1) is 16.3. The normalized spacial score (nSPS) is 11.1. The maximum atomic E-state index is 16.2. The quantitative estimate of drug-likeness (QED) is 0.354. The van der Waals surface area contributed by atoms with Crippen LogP contribution >= 0.6 is 0 Å². The van der Waals surface area contributed by atoms with Gasteiger partial charge in [0.2, 0.25) is 0 Å². The van der Waals surface area contributed by atoms with Crippen molar-refractivity contribution in [2.45, 2.75) is 19.8 Å². The molecule has 3 aromatic carbocycles. The molecule has 1 aromatic heterocycles. The van der Waals surface area contributed by atoms with Crippen LogP contribution in [0.4, 0.5) is 13.2 Å². The molecule has 0 atom stereocenters. The Balaban J connectivity index is 2.08. The van der Waals surface area contributed by atoms with Crippen LogP contribution < -0.4 is 5.32 Å². The number of amides is 1. The Labute approximate surface area is 192 Å². The number of aryl methyl sites for hydroxylation is 1. The number of hydrogen-bond donors (Lipinski definition) is 2. The minimum absolute atomic E-state index is 0.0634. The topological polar surface area (TPSA) is 79.5 Å². The molecule has 1 heterocycles. The van der Waals surface area contributed by atoms with E-state index < -0.39 is 34.9 Å².